The highest BCUT2D eigenvalue weighted by Crippen LogP contribution is 2.66. The Labute approximate surface area is 555 Å². The van der Waals surface area contributed by atoms with Crippen molar-refractivity contribution >= 4 is 86.2 Å². The van der Waals surface area contributed by atoms with Gasteiger partial charge in [-0.05, 0) is 220 Å². The fraction of sp³-hybridized carbons (Fsp3) is 0. The van der Waals surface area contributed by atoms with Crippen LogP contribution < -0.4 is 0 Å². The van der Waals surface area contributed by atoms with Crippen LogP contribution in [0.15, 0.2) is 340 Å². The maximum absolute atomic E-state index is 2.51. The van der Waals surface area contributed by atoms with Crippen LogP contribution in [-0.2, 0) is 0 Å². The van der Waals surface area contributed by atoms with Crippen molar-refractivity contribution in [2.24, 2.45) is 0 Å². The van der Waals surface area contributed by atoms with Crippen molar-refractivity contribution in [1.82, 2.24) is 0 Å². The molecule has 0 nitrogen and oxygen atoms in total. The van der Waals surface area contributed by atoms with Crippen molar-refractivity contribution in [2.45, 2.75) is 0 Å². The molecule has 0 heterocycles. The average Bonchev–Trinajstić information content (AvgIpc) is 1.49. The van der Waals surface area contributed by atoms with E-state index in [0.29, 0.717) is 0 Å². The van der Waals surface area contributed by atoms with Crippen LogP contribution in [0, 0.1) is 0 Å². The van der Waals surface area contributed by atoms with Gasteiger partial charge >= 0.3 is 0 Å². The average molecular weight is 1210 g/mol. The van der Waals surface area contributed by atoms with E-state index in [-0.39, 0.29) is 0 Å². The van der Waals surface area contributed by atoms with E-state index in [4.69, 9.17) is 0 Å². The van der Waals surface area contributed by atoms with Crippen LogP contribution in [-0.4, -0.2) is 0 Å². The SMILES string of the molecule is c1ccc(-c2c(-c3ccccc3)c(-c3cccc4ccccc34)c3c(c2-c2cccc4ccccc24)-c2ccc4c5ccc6c7c(ccc(c8ccc-3c2c48)c75)-c2c(-c3cccc4ccccc34)c(-c3ccccc3)c(-c3ccccc3)c(-c3cccc4ccccc34)c2-6)cc1. The molecule has 0 radical (unpaired) electrons. The van der Waals surface area contributed by atoms with E-state index in [0.717, 1.165) is 0 Å². The van der Waals surface area contributed by atoms with E-state index in [1.54, 1.807) is 0 Å². The molecule has 21 rings (SSSR count). The van der Waals surface area contributed by atoms with Crippen molar-refractivity contribution < 1.29 is 0 Å². The van der Waals surface area contributed by atoms with E-state index in [1.807, 2.05) is 0 Å². The van der Waals surface area contributed by atoms with Crippen molar-refractivity contribution in [3.63, 3.8) is 0 Å². The summed E-state index contributed by atoms with van der Waals surface area (Å²) in [6.07, 6.45) is 0. The first-order valence-electron chi connectivity index (χ1n) is 33.6. The van der Waals surface area contributed by atoms with Crippen LogP contribution in [0.3, 0.4) is 0 Å². The highest BCUT2D eigenvalue weighted by Gasteiger charge is 2.39. The zero-order valence-electron chi connectivity index (χ0n) is 52.3. The van der Waals surface area contributed by atoms with Gasteiger partial charge in [-0.1, -0.05) is 340 Å². The maximum Gasteiger partial charge on any atom is -0.000695 e. The minimum Gasteiger partial charge on any atom is -0.0622 e. The van der Waals surface area contributed by atoms with Gasteiger partial charge in [0.15, 0.2) is 0 Å². The van der Waals surface area contributed by atoms with Gasteiger partial charge in [0.05, 0.1) is 0 Å². The van der Waals surface area contributed by atoms with Crippen molar-refractivity contribution in [3.8, 4) is 134 Å². The number of fused-ring (bicyclic) bond motifs is 12. The Balaban J connectivity index is 0.930. The number of hydrogen-bond donors (Lipinski definition) is 0. The standard InChI is InChI=1S/C96H56/c1-5-29-61(30-6-1)81-82(62-31-7-2-8-32-62)90(70-46-22-38-58-26-14-18-42-66(58)70)94-78-54-50-74-76-52-56-80-88-79(55-51-75(86(76)88)73-49-53-77(87(78)85(73)74)93(94)89(81)69-45-21-37-57-25-13-17-41-65(57)69)95-91(71-47-23-39-59-27-15-19-43-67(59)71)83(63-33-9-3-10-34-63)84(64-35-11-4-12-36-64)92(96(80)95)72-48-24-40-60-28-16-20-44-68(60)72/h1-56H. The van der Waals surface area contributed by atoms with E-state index < -0.39 is 0 Å². The first-order valence-corrected chi connectivity index (χ1v) is 33.6. The Bertz CT molecular complexity index is 5710. The van der Waals surface area contributed by atoms with Crippen molar-refractivity contribution in [1.29, 1.82) is 0 Å². The molecule has 2 aliphatic carbocycles. The Hall–Kier alpha value is -12.5. The molecule has 0 atom stereocenters. The van der Waals surface area contributed by atoms with Crippen LogP contribution in [0.4, 0.5) is 0 Å². The Morgan fingerprint density at radius 1 is 0.104 bits per heavy atom. The summed E-state index contributed by atoms with van der Waals surface area (Å²) in [6.45, 7) is 0. The molecule has 96 heavy (non-hydrogen) atoms. The highest BCUT2D eigenvalue weighted by molar-refractivity contribution is 6.42. The molecule has 0 saturated carbocycles. The largest absolute Gasteiger partial charge is 0.0622 e. The molecular formula is C96H56. The molecule has 0 amide bonds. The zero-order chi connectivity index (χ0) is 62.7. The number of benzene rings is 19. The molecule has 0 heteroatoms. The molecule has 0 aromatic heterocycles. The highest BCUT2D eigenvalue weighted by atomic mass is 14.4. The smallest absolute Gasteiger partial charge is 0.000695 e. The lowest BCUT2D eigenvalue weighted by Crippen LogP contribution is -2.00. The van der Waals surface area contributed by atoms with Crippen LogP contribution in [0.1, 0.15) is 0 Å². The summed E-state index contributed by atoms with van der Waals surface area (Å²) < 4.78 is 0. The molecular weight excluding hydrogens is 1150 g/mol. The van der Waals surface area contributed by atoms with Gasteiger partial charge in [-0.25, -0.2) is 0 Å². The van der Waals surface area contributed by atoms with Crippen LogP contribution in [0.2, 0.25) is 0 Å². The van der Waals surface area contributed by atoms with Gasteiger partial charge in [0.2, 0.25) is 0 Å². The van der Waals surface area contributed by atoms with Gasteiger partial charge in [0.25, 0.3) is 0 Å². The topological polar surface area (TPSA) is 0 Å². The van der Waals surface area contributed by atoms with Gasteiger partial charge in [0, 0.05) is 0 Å². The minimum absolute atomic E-state index is 1.19. The third-order valence-electron chi connectivity index (χ3n) is 21.5. The van der Waals surface area contributed by atoms with Gasteiger partial charge in [-0.3, -0.25) is 0 Å². The molecule has 0 bridgehead atoms. The summed E-state index contributed by atoms with van der Waals surface area (Å²) in [5, 5.41) is 20.2. The molecule has 0 spiro atoms. The molecule has 0 aliphatic heterocycles. The third-order valence-corrected chi connectivity index (χ3v) is 21.5. The van der Waals surface area contributed by atoms with Gasteiger partial charge in [-0.15, -0.1) is 0 Å². The molecule has 19 aromatic rings. The third kappa shape index (κ3) is 7.39. The second kappa shape index (κ2) is 20.5. The van der Waals surface area contributed by atoms with E-state index in [9.17, 15) is 0 Å². The van der Waals surface area contributed by atoms with Crippen molar-refractivity contribution in [2.75, 3.05) is 0 Å². The Morgan fingerprint density at radius 3 is 0.542 bits per heavy atom. The van der Waals surface area contributed by atoms with Gasteiger partial charge < -0.3 is 0 Å². The number of rotatable bonds is 8. The van der Waals surface area contributed by atoms with Gasteiger partial charge in [-0.2, -0.15) is 0 Å². The summed E-state index contributed by atoms with van der Waals surface area (Å²) >= 11 is 0. The first-order chi connectivity index (χ1) is 47.7. The van der Waals surface area contributed by atoms with E-state index in [2.05, 4.69) is 340 Å². The first kappa shape index (κ1) is 53.1. The molecule has 0 fully saturated rings. The van der Waals surface area contributed by atoms with E-state index in [1.165, 1.54) is 220 Å². The lowest BCUT2D eigenvalue weighted by molar-refractivity contribution is 1.56. The Kier molecular flexibility index (Phi) is 11.3. The van der Waals surface area contributed by atoms with E-state index >= 15 is 0 Å². The lowest BCUT2D eigenvalue weighted by atomic mass is 9.75. The molecule has 19 aromatic carbocycles. The molecule has 440 valence electrons. The molecule has 0 saturated heterocycles. The second-order valence-corrected chi connectivity index (χ2v) is 26.2. The second-order valence-electron chi connectivity index (χ2n) is 26.2. The minimum atomic E-state index is 1.19. The van der Waals surface area contributed by atoms with Crippen LogP contribution >= 0.6 is 0 Å². The quantitative estimate of drug-likeness (QED) is 0.105. The molecule has 0 N–H and O–H groups in total. The summed E-state index contributed by atoms with van der Waals surface area (Å²) in [5.41, 5.74) is 29.9. The van der Waals surface area contributed by atoms with Gasteiger partial charge in [0.1, 0.15) is 0 Å². The number of hydrogen-bond acceptors (Lipinski definition) is 0. The van der Waals surface area contributed by atoms with Crippen LogP contribution in [0.25, 0.3) is 220 Å². The fourth-order valence-electron chi connectivity index (χ4n) is 17.7. The molecule has 0 unspecified atom stereocenters. The zero-order valence-corrected chi connectivity index (χ0v) is 52.3. The Morgan fingerprint density at radius 2 is 0.302 bits per heavy atom. The maximum atomic E-state index is 2.51. The predicted octanol–water partition coefficient (Wildman–Crippen LogP) is 27.0. The lowest BCUT2D eigenvalue weighted by Gasteiger charge is -2.27. The summed E-state index contributed by atoms with van der Waals surface area (Å²) in [6, 6.07) is 129. The summed E-state index contributed by atoms with van der Waals surface area (Å²) in [7, 11) is 0. The predicted molar refractivity (Wildman–Crippen MR) is 410 cm³/mol. The van der Waals surface area contributed by atoms with Crippen molar-refractivity contribution in [3.05, 3.63) is 340 Å². The summed E-state index contributed by atoms with van der Waals surface area (Å²) in [5.74, 6) is 0. The summed E-state index contributed by atoms with van der Waals surface area (Å²) in [4.78, 5) is 0. The van der Waals surface area contributed by atoms with Crippen LogP contribution in [0.5, 0.6) is 0 Å². The molecule has 2 aliphatic rings. The fourth-order valence-corrected chi connectivity index (χ4v) is 17.7. The normalized spacial score (nSPS) is 12.2. The monoisotopic (exact) mass is 1210 g/mol.